The lowest BCUT2D eigenvalue weighted by Crippen LogP contribution is -2.25. The van der Waals surface area contributed by atoms with E-state index in [0.29, 0.717) is 23.6 Å². The average molecular weight is 242 g/mol. The Morgan fingerprint density at radius 1 is 1.50 bits per heavy atom. The van der Waals surface area contributed by atoms with Crippen LogP contribution >= 0.6 is 11.6 Å². The summed E-state index contributed by atoms with van der Waals surface area (Å²) < 4.78 is 0. The molecule has 0 saturated carbocycles. The van der Waals surface area contributed by atoms with Gasteiger partial charge in [0.05, 0.1) is 0 Å². The van der Waals surface area contributed by atoms with E-state index in [1.165, 1.54) is 0 Å². The van der Waals surface area contributed by atoms with E-state index in [-0.39, 0.29) is 6.61 Å². The van der Waals surface area contributed by atoms with Crippen molar-refractivity contribution in [2.24, 2.45) is 0 Å². The van der Waals surface area contributed by atoms with Gasteiger partial charge in [0.2, 0.25) is 0 Å². The fraction of sp³-hybridized carbons (Fsp3) is 0.417. The van der Waals surface area contributed by atoms with Gasteiger partial charge in [0, 0.05) is 36.0 Å². The molecule has 3 nitrogen and oxygen atoms in total. The minimum atomic E-state index is 0.146. The zero-order valence-corrected chi connectivity index (χ0v) is 10.1. The Hall–Kier alpha value is -1.06. The lowest BCUT2D eigenvalue weighted by atomic mass is 10.1. The van der Waals surface area contributed by atoms with Gasteiger partial charge in [-0.25, -0.2) is 0 Å². The third-order valence-corrected chi connectivity index (χ3v) is 2.66. The Morgan fingerprint density at radius 2 is 2.25 bits per heavy atom. The molecular weight excluding hydrogens is 226 g/mol. The summed E-state index contributed by atoms with van der Waals surface area (Å²) in [5, 5.41) is 9.43. The van der Waals surface area contributed by atoms with E-state index in [1.807, 2.05) is 11.8 Å². The molecule has 1 aromatic carbocycles. The Labute approximate surface area is 101 Å². The number of benzene rings is 1. The molecule has 0 aliphatic carbocycles. The van der Waals surface area contributed by atoms with E-state index in [4.69, 9.17) is 16.7 Å². The first kappa shape index (κ1) is 13.0. The molecule has 0 aromatic heterocycles. The van der Waals surface area contributed by atoms with Gasteiger partial charge >= 0.3 is 0 Å². The van der Waals surface area contributed by atoms with Crippen LogP contribution in [-0.4, -0.2) is 31.1 Å². The van der Waals surface area contributed by atoms with Crippen molar-refractivity contribution in [3.05, 3.63) is 28.8 Å². The van der Waals surface area contributed by atoms with Crippen molar-refractivity contribution < 1.29 is 9.90 Å². The van der Waals surface area contributed by atoms with Gasteiger partial charge in [-0.05, 0) is 31.5 Å². The maximum Gasteiger partial charge on any atom is 0.152 e. The van der Waals surface area contributed by atoms with Crippen molar-refractivity contribution in [1.29, 1.82) is 0 Å². The number of aliphatic hydroxyl groups is 1. The van der Waals surface area contributed by atoms with E-state index in [2.05, 4.69) is 0 Å². The summed E-state index contributed by atoms with van der Waals surface area (Å²) in [6.07, 6.45) is 1.51. The molecule has 1 aromatic rings. The minimum Gasteiger partial charge on any atom is -0.396 e. The van der Waals surface area contributed by atoms with Crippen LogP contribution in [0.2, 0.25) is 5.02 Å². The van der Waals surface area contributed by atoms with Crippen molar-refractivity contribution in [3.63, 3.8) is 0 Å². The second-order valence-electron chi connectivity index (χ2n) is 3.48. The third-order valence-electron chi connectivity index (χ3n) is 2.43. The fourth-order valence-corrected chi connectivity index (χ4v) is 1.77. The molecule has 0 aliphatic rings. The normalized spacial score (nSPS) is 10.2. The van der Waals surface area contributed by atoms with E-state index < -0.39 is 0 Å². The molecule has 1 rings (SSSR count). The zero-order chi connectivity index (χ0) is 12.0. The number of rotatable bonds is 6. The van der Waals surface area contributed by atoms with Crippen LogP contribution in [0.15, 0.2) is 18.2 Å². The van der Waals surface area contributed by atoms with Crippen molar-refractivity contribution >= 4 is 23.6 Å². The average Bonchev–Trinajstić information content (AvgIpc) is 2.30. The van der Waals surface area contributed by atoms with Gasteiger partial charge < -0.3 is 10.0 Å². The number of hydrogen-bond donors (Lipinski definition) is 1. The predicted molar refractivity (Wildman–Crippen MR) is 66.4 cm³/mol. The standard InChI is InChI=1S/C12H16ClNO2/c1-2-14(6-3-7-15)12-8-11(13)5-4-10(12)9-16/h4-5,8-9,15H,2-3,6-7H2,1H3. The SMILES string of the molecule is CCN(CCCO)c1cc(Cl)ccc1C=O. The predicted octanol–water partition coefficient (Wildman–Crippen LogP) is 2.36. The number of anilines is 1. The molecule has 0 unspecified atom stereocenters. The van der Waals surface area contributed by atoms with E-state index >= 15 is 0 Å². The Bertz CT molecular complexity index is 355. The number of halogens is 1. The molecule has 0 aliphatic heterocycles. The van der Waals surface area contributed by atoms with E-state index in [0.717, 1.165) is 18.5 Å². The van der Waals surface area contributed by atoms with Crippen molar-refractivity contribution in [3.8, 4) is 0 Å². The molecule has 0 atom stereocenters. The highest BCUT2D eigenvalue weighted by Gasteiger charge is 2.09. The Morgan fingerprint density at radius 3 is 2.81 bits per heavy atom. The van der Waals surface area contributed by atoms with Gasteiger partial charge in [-0.2, -0.15) is 0 Å². The third kappa shape index (κ3) is 3.22. The first-order valence-corrected chi connectivity index (χ1v) is 5.71. The van der Waals surface area contributed by atoms with Gasteiger partial charge in [0.15, 0.2) is 6.29 Å². The van der Waals surface area contributed by atoms with Crippen LogP contribution in [0.3, 0.4) is 0 Å². The van der Waals surface area contributed by atoms with Crippen LogP contribution in [0.4, 0.5) is 5.69 Å². The molecule has 0 heterocycles. The molecule has 88 valence electrons. The van der Waals surface area contributed by atoms with Gasteiger partial charge in [0.25, 0.3) is 0 Å². The number of hydrogen-bond acceptors (Lipinski definition) is 3. The fourth-order valence-electron chi connectivity index (χ4n) is 1.60. The maximum atomic E-state index is 10.9. The Kier molecular flexibility index (Phi) is 5.29. The lowest BCUT2D eigenvalue weighted by molar-refractivity contribution is 0.112. The van der Waals surface area contributed by atoms with Gasteiger partial charge in [0.1, 0.15) is 0 Å². The van der Waals surface area contributed by atoms with Crippen LogP contribution in [0, 0.1) is 0 Å². The van der Waals surface area contributed by atoms with Crippen LogP contribution in [0.5, 0.6) is 0 Å². The quantitative estimate of drug-likeness (QED) is 0.778. The molecule has 0 bridgehead atoms. The van der Waals surface area contributed by atoms with Crippen molar-refractivity contribution in [1.82, 2.24) is 0 Å². The molecule has 0 radical (unpaired) electrons. The molecule has 0 fully saturated rings. The summed E-state index contributed by atoms with van der Waals surface area (Å²) in [4.78, 5) is 12.9. The topological polar surface area (TPSA) is 40.5 Å². The highest BCUT2D eigenvalue weighted by molar-refractivity contribution is 6.31. The highest BCUT2D eigenvalue weighted by Crippen LogP contribution is 2.23. The lowest BCUT2D eigenvalue weighted by Gasteiger charge is -2.24. The van der Waals surface area contributed by atoms with E-state index in [9.17, 15) is 4.79 Å². The molecule has 4 heteroatoms. The van der Waals surface area contributed by atoms with Crippen molar-refractivity contribution in [2.75, 3.05) is 24.6 Å². The van der Waals surface area contributed by atoms with Gasteiger partial charge in [-0.3, -0.25) is 4.79 Å². The first-order valence-electron chi connectivity index (χ1n) is 5.33. The second-order valence-corrected chi connectivity index (χ2v) is 3.91. The molecule has 0 spiro atoms. The molecular formula is C12H16ClNO2. The van der Waals surface area contributed by atoms with Crippen LogP contribution in [0.1, 0.15) is 23.7 Å². The molecule has 16 heavy (non-hydrogen) atoms. The summed E-state index contributed by atoms with van der Waals surface area (Å²) in [7, 11) is 0. The number of carbonyl (C=O) groups is 1. The number of aldehydes is 1. The van der Waals surface area contributed by atoms with Gasteiger partial charge in [-0.15, -0.1) is 0 Å². The maximum absolute atomic E-state index is 10.9. The van der Waals surface area contributed by atoms with Gasteiger partial charge in [-0.1, -0.05) is 11.6 Å². The zero-order valence-electron chi connectivity index (χ0n) is 9.32. The number of carbonyl (C=O) groups excluding carboxylic acids is 1. The molecule has 0 saturated heterocycles. The molecule has 0 amide bonds. The van der Waals surface area contributed by atoms with Crippen LogP contribution in [-0.2, 0) is 0 Å². The number of nitrogens with zero attached hydrogens (tertiary/aromatic N) is 1. The van der Waals surface area contributed by atoms with Crippen LogP contribution < -0.4 is 4.90 Å². The van der Waals surface area contributed by atoms with Crippen molar-refractivity contribution in [2.45, 2.75) is 13.3 Å². The second kappa shape index (κ2) is 6.51. The highest BCUT2D eigenvalue weighted by atomic mass is 35.5. The first-order chi connectivity index (χ1) is 7.72. The summed E-state index contributed by atoms with van der Waals surface area (Å²) in [6.45, 7) is 3.65. The minimum absolute atomic E-state index is 0.146. The number of aliphatic hydroxyl groups excluding tert-OH is 1. The summed E-state index contributed by atoms with van der Waals surface area (Å²) in [5.41, 5.74) is 1.46. The Balaban J connectivity index is 2.97. The van der Waals surface area contributed by atoms with Crippen LogP contribution in [0.25, 0.3) is 0 Å². The monoisotopic (exact) mass is 241 g/mol. The summed E-state index contributed by atoms with van der Waals surface area (Å²) in [6, 6.07) is 5.20. The smallest absolute Gasteiger partial charge is 0.152 e. The summed E-state index contributed by atoms with van der Waals surface area (Å²) >= 11 is 5.92. The molecule has 1 N–H and O–H groups in total. The van der Waals surface area contributed by atoms with E-state index in [1.54, 1.807) is 18.2 Å². The summed E-state index contributed by atoms with van der Waals surface area (Å²) in [5.74, 6) is 0. The largest absolute Gasteiger partial charge is 0.396 e.